The van der Waals surface area contributed by atoms with Gasteiger partial charge in [-0.05, 0) is 49.2 Å². The second-order valence-corrected chi connectivity index (χ2v) is 8.97. The summed E-state index contributed by atoms with van der Waals surface area (Å²) >= 11 is 0. The number of hydrogen-bond donors (Lipinski definition) is 2. The van der Waals surface area contributed by atoms with E-state index in [9.17, 15) is 9.59 Å². The molecular weight excluding hydrogens is 444 g/mol. The zero-order chi connectivity index (χ0) is 24.9. The van der Waals surface area contributed by atoms with Crippen molar-refractivity contribution in [3.05, 3.63) is 58.8 Å². The van der Waals surface area contributed by atoms with Crippen molar-refractivity contribution >= 4 is 28.5 Å². The standard InChI is InChI=1S/C26H34N6O3/c1-5-27-10-11-28-25(33)16-31(23-13-22-19(3)29-35-24(22)12-18(23)2)17-26(34)30(4)32-14-20-8-6-7-9-21(20)15-32/h6-9,12-13,27H,5,10-11,14-17H2,1-4H3,(H,28,33). The maximum absolute atomic E-state index is 13.4. The Bertz CT molecular complexity index is 1180. The summed E-state index contributed by atoms with van der Waals surface area (Å²) in [4.78, 5) is 28.0. The number of likely N-dealkylation sites (N-methyl/N-ethyl adjacent to an activating group) is 2. The van der Waals surface area contributed by atoms with E-state index >= 15 is 0 Å². The van der Waals surface area contributed by atoms with Gasteiger partial charge in [0.1, 0.15) is 0 Å². The van der Waals surface area contributed by atoms with Gasteiger partial charge in [-0.15, -0.1) is 0 Å². The highest BCUT2D eigenvalue weighted by atomic mass is 16.5. The molecule has 9 heteroatoms. The molecule has 2 N–H and O–H groups in total. The molecule has 1 aliphatic heterocycles. The molecule has 0 bridgehead atoms. The molecule has 2 heterocycles. The maximum Gasteiger partial charge on any atom is 0.256 e. The lowest BCUT2D eigenvalue weighted by atomic mass is 10.1. The summed E-state index contributed by atoms with van der Waals surface area (Å²) < 4.78 is 5.40. The monoisotopic (exact) mass is 478 g/mol. The number of carbonyl (C=O) groups is 2. The Morgan fingerprint density at radius 2 is 1.80 bits per heavy atom. The van der Waals surface area contributed by atoms with E-state index in [0.29, 0.717) is 31.8 Å². The Morgan fingerprint density at radius 1 is 1.09 bits per heavy atom. The molecule has 0 spiro atoms. The molecule has 0 radical (unpaired) electrons. The van der Waals surface area contributed by atoms with Gasteiger partial charge in [0.25, 0.3) is 5.91 Å². The Labute approximate surface area is 206 Å². The van der Waals surface area contributed by atoms with Gasteiger partial charge in [-0.25, -0.2) is 5.01 Å². The van der Waals surface area contributed by atoms with Crippen molar-refractivity contribution in [2.24, 2.45) is 0 Å². The van der Waals surface area contributed by atoms with Crippen molar-refractivity contribution < 1.29 is 14.1 Å². The number of anilines is 1. The fourth-order valence-corrected chi connectivity index (χ4v) is 4.41. The number of hydrogen-bond acceptors (Lipinski definition) is 7. The smallest absolute Gasteiger partial charge is 0.256 e. The Kier molecular flexibility index (Phi) is 7.67. The van der Waals surface area contributed by atoms with Gasteiger partial charge in [0.05, 0.1) is 18.8 Å². The molecule has 1 aromatic heterocycles. The molecule has 0 atom stereocenters. The number of amides is 2. The average Bonchev–Trinajstić information content (AvgIpc) is 3.43. The predicted octanol–water partition coefficient (Wildman–Crippen LogP) is 2.37. The lowest BCUT2D eigenvalue weighted by molar-refractivity contribution is -0.145. The second-order valence-electron chi connectivity index (χ2n) is 8.97. The predicted molar refractivity (Wildman–Crippen MR) is 136 cm³/mol. The average molecular weight is 479 g/mol. The highest BCUT2D eigenvalue weighted by Crippen LogP contribution is 2.29. The normalized spacial score (nSPS) is 13.1. The first kappa shape index (κ1) is 24.7. The number of nitrogens with one attached hydrogen (secondary N) is 2. The number of aryl methyl sites for hydroxylation is 2. The first-order chi connectivity index (χ1) is 16.9. The van der Waals surface area contributed by atoms with Gasteiger partial charge in [-0.3, -0.25) is 14.6 Å². The highest BCUT2D eigenvalue weighted by molar-refractivity contribution is 5.90. The molecule has 2 amide bonds. The highest BCUT2D eigenvalue weighted by Gasteiger charge is 2.27. The van der Waals surface area contributed by atoms with Gasteiger partial charge in [-0.2, -0.15) is 0 Å². The number of benzene rings is 2. The molecule has 186 valence electrons. The van der Waals surface area contributed by atoms with Gasteiger partial charge in [-0.1, -0.05) is 36.3 Å². The molecule has 0 aliphatic carbocycles. The molecule has 0 fully saturated rings. The van der Waals surface area contributed by atoms with Gasteiger partial charge in [0, 0.05) is 44.3 Å². The van der Waals surface area contributed by atoms with Crippen molar-refractivity contribution in [3.8, 4) is 0 Å². The molecule has 0 saturated carbocycles. The zero-order valence-electron chi connectivity index (χ0n) is 20.9. The van der Waals surface area contributed by atoms with Gasteiger partial charge >= 0.3 is 0 Å². The van der Waals surface area contributed by atoms with Crippen molar-refractivity contribution in [3.63, 3.8) is 0 Å². The summed E-state index contributed by atoms with van der Waals surface area (Å²) in [6, 6.07) is 12.1. The molecule has 3 aromatic rings. The summed E-state index contributed by atoms with van der Waals surface area (Å²) in [6.07, 6.45) is 0. The molecule has 2 aromatic carbocycles. The number of fused-ring (bicyclic) bond motifs is 2. The molecule has 0 unspecified atom stereocenters. The van der Waals surface area contributed by atoms with Crippen LogP contribution in [0.4, 0.5) is 5.69 Å². The van der Waals surface area contributed by atoms with E-state index in [4.69, 9.17) is 4.52 Å². The van der Waals surface area contributed by atoms with Gasteiger partial charge in [0.2, 0.25) is 5.91 Å². The summed E-state index contributed by atoms with van der Waals surface area (Å²) in [7, 11) is 1.79. The molecule has 9 nitrogen and oxygen atoms in total. The summed E-state index contributed by atoms with van der Waals surface area (Å²) in [5.41, 5.74) is 5.66. The van der Waals surface area contributed by atoms with E-state index < -0.39 is 0 Å². The van der Waals surface area contributed by atoms with Crippen LogP contribution in [0.1, 0.15) is 29.3 Å². The third-order valence-electron chi connectivity index (χ3n) is 6.45. The van der Waals surface area contributed by atoms with Gasteiger partial charge in [0.15, 0.2) is 5.58 Å². The fraction of sp³-hybridized carbons (Fsp3) is 0.423. The summed E-state index contributed by atoms with van der Waals surface area (Å²) in [5, 5.41) is 14.8. The van der Waals surface area contributed by atoms with Crippen LogP contribution in [0.3, 0.4) is 0 Å². The number of carbonyl (C=O) groups excluding carboxylic acids is 2. The van der Waals surface area contributed by atoms with Crippen molar-refractivity contribution in [1.82, 2.24) is 25.8 Å². The van der Waals surface area contributed by atoms with Crippen LogP contribution in [-0.4, -0.2) is 66.8 Å². The Balaban J connectivity index is 1.52. The summed E-state index contributed by atoms with van der Waals surface area (Å²) in [5.74, 6) is -0.215. The van der Waals surface area contributed by atoms with Crippen LogP contribution in [0, 0.1) is 13.8 Å². The number of nitrogens with zero attached hydrogens (tertiary/aromatic N) is 4. The van der Waals surface area contributed by atoms with Crippen LogP contribution >= 0.6 is 0 Å². The second kappa shape index (κ2) is 10.9. The quantitative estimate of drug-likeness (QED) is 0.432. The minimum Gasteiger partial charge on any atom is -0.356 e. The lowest BCUT2D eigenvalue weighted by Gasteiger charge is -2.32. The largest absolute Gasteiger partial charge is 0.356 e. The molecular formula is C26H34N6O3. The molecule has 0 saturated heterocycles. The maximum atomic E-state index is 13.4. The lowest BCUT2D eigenvalue weighted by Crippen LogP contribution is -2.48. The van der Waals surface area contributed by atoms with Gasteiger partial charge < -0.3 is 20.1 Å². The number of rotatable bonds is 10. The van der Waals surface area contributed by atoms with Crippen molar-refractivity contribution in [2.75, 3.05) is 44.7 Å². The third kappa shape index (κ3) is 5.63. The van der Waals surface area contributed by atoms with E-state index in [-0.39, 0.29) is 24.9 Å². The zero-order valence-corrected chi connectivity index (χ0v) is 20.9. The van der Waals surface area contributed by atoms with Crippen LogP contribution in [-0.2, 0) is 22.7 Å². The van der Waals surface area contributed by atoms with Crippen LogP contribution < -0.4 is 15.5 Å². The molecule has 1 aliphatic rings. The Hall–Kier alpha value is -3.43. The van der Waals surface area contributed by atoms with Crippen molar-refractivity contribution in [1.29, 1.82) is 0 Å². The minimum absolute atomic E-state index is 0.0701. The SMILES string of the molecule is CCNCCNC(=O)CN(CC(=O)N(C)N1Cc2ccccc2C1)c1cc2c(C)noc2cc1C. The fourth-order valence-electron chi connectivity index (χ4n) is 4.41. The number of hydrazine groups is 1. The Morgan fingerprint density at radius 3 is 2.49 bits per heavy atom. The van der Waals surface area contributed by atoms with E-state index in [1.165, 1.54) is 11.1 Å². The first-order valence-electron chi connectivity index (χ1n) is 12.0. The molecule has 35 heavy (non-hydrogen) atoms. The van der Waals surface area contributed by atoms with Crippen LogP contribution in [0.2, 0.25) is 0 Å². The van der Waals surface area contributed by atoms with Crippen LogP contribution in [0.15, 0.2) is 40.9 Å². The first-order valence-corrected chi connectivity index (χ1v) is 12.0. The topological polar surface area (TPSA) is 93.9 Å². The van der Waals surface area contributed by atoms with E-state index in [1.54, 1.807) is 12.1 Å². The third-order valence-corrected chi connectivity index (χ3v) is 6.45. The molecule has 4 rings (SSSR count). The summed E-state index contributed by atoms with van der Waals surface area (Å²) in [6.45, 7) is 9.45. The van der Waals surface area contributed by atoms with E-state index in [0.717, 1.165) is 28.9 Å². The van der Waals surface area contributed by atoms with Crippen molar-refractivity contribution in [2.45, 2.75) is 33.9 Å². The van der Waals surface area contributed by atoms with E-state index in [2.05, 4.69) is 27.9 Å². The van der Waals surface area contributed by atoms with E-state index in [1.807, 2.05) is 54.9 Å². The van der Waals surface area contributed by atoms with Crippen LogP contribution in [0.25, 0.3) is 11.0 Å². The number of aromatic nitrogens is 1. The minimum atomic E-state index is -0.131. The van der Waals surface area contributed by atoms with Crippen LogP contribution in [0.5, 0.6) is 0 Å².